The van der Waals surface area contributed by atoms with E-state index in [4.69, 9.17) is 4.52 Å². The molecule has 0 aliphatic rings. The van der Waals surface area contributed by atoms with E-state index in [-0.39, 0.29) is 0 Å². The molecule has 0 radical (unpaired) electrons. The van der Waals surface area contributed by atoms with Gasteiger partial charge in [-0.25, -0.2) is 4.98 Å². The fourth-order valence-corrected chi connectivity index (χ4v) is 1.92. The van der Waals surface area contributed by atoms with Crippen LogP contribution in [0.15, 0.2) is 10.7 Å². The molecule has 0 unspecified atom stereocenters. The van der Waals surface area contributed by atoms with E-state index in [9.17, 15) is 0 Å². The van der Waals surface area contributed by atoms with Crippen molar-refractivity contribution in [2.24, 2.45) is 0 Å². The van der Waals surface area contributed by atoms with Crippen molar-refractivity contribution in [1.82, 2.24) is 15.1 Å². The van der Waals surface area contributed by atoms with E-state index in [1.807, 2.05) is 6.20 Å². The van der Waals surface area contributed by atoms with Crippen LogP contribution in [0.2, 0.25) is 0 Å². The van der Waals surface area contributed by atoms with Crippen LogP contribution in [-0.4, -0.2) is 15.1 Å². The van der Waals surface area contributed by atoms with Crippen LogP contribution < -0.4 is 5.32 Å². The Morgan fingerprint density at radius 2 is 2.40 bits per heavy atom. The zero-order valence-electron chi connectivity index (χ0n) is 8.65. The Morgan fingerprint density at radius 3 is 3.00 bits per heavy atom. The maximum absolute atomic E-state index is 4.92. The van der Waals surface area contributed by atoms with E-state index in [1.165, 1.54) is 4.88 Å². The SMILES string of the molecule is CCc1cnc(CNc2nc(C)no2)s1. The summed E-state index contributed by atoms with van der Waals surface area (Å²) in [7, 11) is 0. The van der Waals surface area contributed by atoms with Crippen molar-refractivity contribution in [3.05, 3.63) is 21.9 Å². The lowest BCUT2D eigenvalue weighted by molar-refractivity contribution is 0.425. The minimum atomic E-state index is 0.445. The summed E-state index contributed by atoms with van der Waals surface area (Å²) < 4.78 is 4.92. The molecule has 1 N–H and O–H groups in total. The van der Waals surface area contributed by atoms with Crippen LogP contribution in [0.1, 0.15) is 22.6 Å². The summed E-state index contributed by atoms with van der Waals surface area (Å²) in [6, 6.07) is 0.445. The normalized spacial score (nSPS) is 10.5. The van der Waals surface area contributed by atoms with Crippen LogP contribution in [0.5, 0.6) is 0 Å². The molecule has 2 heterocycles. The van der Waals surface area contributed by atoms with E-state index in [2.05, 4.69) is 27.4 Å². The number of anilines is 1. The number of thiazole rings is 1. The first kappa shape index (κ1) is 10.1. The topological polar surface area (TPSA) is 63.8 Å². The van der Waals surface area contributed by atoms with Gasteiger partial charge in [0.1, 0.15) is 5.01 Å². The van der Waals surface area contributed by atoms with Crippen molar-refractivity contribution in [1.29, 1.82) is 0 Å². The molecule has 5 nitrogen and oxygen atoms in total. The number of hydrogen-bond acceptors (Lipinski definition) is 6. The third kappa shape index (κ3) is 2.53. The smallest absolute Gasteiger partial charge is 0.321 e. The van der Waals surface area contributed by atoms with Gasteiger partial charge in [0.25, 0.3) is 0 Å². The molecule has 6 heteroatoms. The number of hydrogen-bond donors (Lipinski definition) is 1. The standard InChI is InChI=1S/C9H12N4OS/c1-3-7-4-10-8(15-7)5-11-9-12-6(2)13-14-9/h4H,3,5H2,1-2H3,(H,11,12,13). The predicted octanol–water partition coefficient (Wildman–Crippen LogP) is 2.01. The van der Waals surface area contributed by atoms with Gasteiger partial charge < -0.3 is 9.84 Å². The van der Waals surface area contributed by atoms with Crippen LogP contribution in [0.25, 0.3) is 0 Å². The molecule has 0 fully saturated rings. The first-order valence-electron chi connectivity index (χ1n) is 4.75. The first-order valence-corrected chi connectivity index (χ1v) is 5.57. The minimum Gasteiger partial charge on any atom is -0.331 e. The lowest BCUT2D eigenvalue weighted by atomic mass is 10.4. The van der Waals surface area contributed by atoms with Gasteiger partial charge in [0.05, 0.1) is 6.54 Å². The number of aryl methyl sites for hydroxylation is 2. The average molecular weight is 224 g/mol. The van der Waals surface area contributed by atoms with E-state index >= 15 is 0 Å². The van der Waals surface area contributed by atoms with Gasteiger partial charge >= 0.3 is 6.01 Å². The maximum Gasteiger partial charge on any atom is 0.321 e. The van der Waals surface area contributed by atoms with Gasteiger partial charge in [0.15, 0.2) is 5.82 Å². The molecule has 0 bridgehead atoms. The molecular formula is C9H12N4OS. The molecule has 2 rings (SSSR count). The lowest BCUT2D eigenvalue weighted by Crippen LogP contribution is -1.98. The Bertz CT molecular complexity index is 437. The van der Waals surface area contributed by atoms with Gasteiger partial charge in [0.2, 0.25) is 0 Å². The molecule has 0 saturated carbocycles. The van der Waals surface area contributed by atoms with Gasteiger partial charge in [-0.2, -0.15) is 4.98 Å². The molecule has 0 aliphatic carbocycles. The Kier molecular flexibility index (Phi) is 2.96. The minimum absolute atomic E-state index is 0.445. The fraction of sp³-hybridized carbons (Fsp3) is 0.444. The van der Waals surface area contributed by atoms with Gasteiger partial charge in [0, 0.05) is 11.1 Å². The molecular weight excluding hydrogens is 212 g/mol. The molecule has 0 saturated heterocycles. The van der Waals surface area contributed by atoms with E-state index in [0.29, 0.717) is 18.4 Å². The quantitative estimate of drug-likeness (QED) is 0.860. The van der Waals surface area contributed by atoms with Crippen molar-refractivity contribution in [2.45, 2.75) is 26.8 Å². The molecule has 2 aromatic rings. The van der Waals surface area contributed by atoms with E-state index in [0.717, 1.165) is 11.4 Å². The van der Waals surface area contributed by atoms with Crippen LogP contribution in [0, 0.1) is 6.92 Å². The second-order valence-electron chi connectivity index (χ2n) is 3.07. The highest BCUT2D eigenvalue weighted by Gasteiger charge is 2.04. The van der Waals surface area contributed by atoms with Crippen molar-refractivity contribution in [3.63, 3.8) is 0 Å². The highest BCUT2D eigenvalue weighted by Crippen LogP contribution is 2.14. The van der Waals surface area contributed by atoms with Crippen LogP contribution >= 0.6 is 11.3 Å². The highest BCUT2D eigenvalue weighted by molar-refractivity contribution is 7.11. The van der Waals surface area contributed by atoms with Crippen LogP contribution in [0.3, 0.4) is 0 Å². The first-order chi connectivity index (χ1) is 7.28. The Hall–Kier alpha value is -1.43. The molecule has 15 heavy (non-hydrogen) atoms. The Labute approximate surface area is 91.5 Å². The summed E-state index contributed by atoms with van der Waals surface area (Å²) in [5.74, 6) is 0.630. The third-order valence-corrected chi connectivity index (χ3v) is 3.01. The molecule has 0 aliphatic heterocycles. The average Bonchev–Trinajstić information content (AvgIpc) is 2.83. The van der Waals surface area contributed by atoms with Crippen molar-refractivity contribution in [2.75, 3.05) is 5.32 Å². The summed E-state index contributed by atoms with van der Waals surface area (Å²) in [5.41, 5.74) is 0. The van der Waals surface area contributed by atoms with Gasteiger partial charge in [-0.3, -0.25) is 0 Å². The number of nitrogens with one attached hydrogen (secondary N) is 1. The number of nitrogens with zero attached hydrogens (tertiary/aromatic N) is 3. The zero-order valence-corrected chi connectivity index (χ0v) is 9.47. The summed E-state index contributed by atoms with van der Waals surface area (Å²) in [5, 5.41) is 7.74. The molecule has 2 aromatic heterocycles. The monoisotopic (exact) mass is 224 g/mol. The zero-order chi connectivity index (χ0) is 10.7. The second kappa shape index (κ2) is 4.39. The fourth-order valence-electron chi connectivity index (χ4n) is 1.11. The molecule has 80 valence electrons. The highest BCUT2D eigenvalue weighted by atomic mass is 32.1. The van der Waals surface area contributed by atoms with E-state index in [1.54, 1.807) is 18.3 Å². The summed E-state index contributed by atoms with van der Waals surface area (Å²) >= 11 is 1.70. The molecule has 0 spiro atoms. The van der Waals surface area contributed by atoms with Gasteiger partial charge in [-0.15, -0.1) is 11.3 Å². The van der Waals surface area contributed by atoms with Crippen LogP contribution in [-0.2, 0) is 13.0 Å². The van der Waals surface area contributed by atoms with Gasteiger partial charge in [-0.1, -0.05) is 12.1 Å². The summed E-state index contributed by atoms with van der Waals surface area (Å²) in [6.45, 7) is 4.53. The largest absolute Gasteiger partial charge is 0.331 e. The summed E-state index contributed by atoms with van der Waals surface area (Å²) in [4.78, 5) is 9.60. The van der Waals surface area contributed by atoms with Crippen LogP contribution in [0.4, 0.5) is 6.01 Å². The molecule has 0 aromatic carbocycles. The molecule has 0 amide bonds. The van der Waals surface area contributed by atoms with Crippen molar-refractivity contribution < 1.29 is 4.52 Å². The lowest BCUT2D eigenvalue weighted by Gasteiger charge is -1.95. The van der Waals surface area contributed by atoms with E-state index < -0.39 is 0 Å². The summed E-state index contributed by atoms with van der Waals surface area (Å²) in [6.07, 6.45) is 2.93. The van der Waals surface area contributed by atoms with Crippen molar-refractivity contribution in [3.8, 4) is 0 Å². The molecule has 0 atom stereocenters. The second-order valence-corrected chi connectivity index (χ2v) is 4.27. The number of rotatable bonds is 4. The Balaban J connectivity index is 1.93. The van der Waals surface area contributed by atoms with Crippen molar-refractivity contribution >= 4 is 17.4 Å². The van der Waals surface area contributed by atoms with Gasteiger partial charge in [-0.05, 0) is 13.3 Å². The predicted molar refractivity (Wildman–Crippen MR) is 57.9 cm³/mol. The number of aromatic nitrogens is 3. The third-order valence-electron chi connectivity index (χ3n) is 1.87. The maximum atomic E-state index is 4.92. The Morgan fingerprint density at radius 1 is 1.53 bits per heavy atom.